The van der Waals surface area contributed by atoms with Gasteiger partial charge in [-0.1, -0.05) is 29.8 Å². The predicted molar refractivity (Wildman–Crippen MR) is 92.9 cm³/mol. The summed E-state index contributed by atoms with van der Waals surface area (Å²) in [6, 6.07) is 13.5. The van der Waals surface area contributed by atoms with Gasteiger partial charge in [-0.2, -0.15) is 5.10 Å². The van der Waals surface area contributed by atoms with Gasteiger partial charge in [0.25, 0.3) is 5.91 Å². The van der Waals surface area contributed by atoms with E-state index in [0.717, 1.165) is 16.7 Å². The minimum absolute atomic E-state index is 0.131. The summed E-state index contributed by atoms with van der Waals surface area (Å²) in [6.45, 7) is 2.52. The standard InChI is InChI=1S/C19H19N3O2/c1-13-4-3-5-14(8-13)10-20-19(23)15-6-7-17(18(9-15)24-2)16-11-21-22-12-16/h3-9,11-12H,10H2,1-2H3,(H,20,23)(H,21,22). The molecule has 0 bridgehead atoms. The first-order valence-electron chi connectivity index (χ1n) is 7.68. The number of carbonyl (C=O) groups excluding carboxylic acids is 1. The van der Waals surface area contributed by atoms with E-state index in [-0.39, 0.29) is 5.91 Å². The molecule has 0 aliphatic carbocycles. The van der Waals surface area contributed by atoms with Crippen LogP contribution >= 0.6 is 0 Å². The topological polar surface area (TPSA) is 67.0 Å². The monoisotopic (exact) mass is 321 g/mol. The Morgan fingerprint density at radius 3 is 2.83 bits per heavy atom. The second kappa shape index (κ2) is 7.00. The van der Waals surface area contributed by atoms with E-state index in [9.17, 15) is 4.79 Å². The van der Waals surface area contributed by atoms with Crippen molar-refractivity contribution in [3.05, 3.63) is 71.5 Å². The molecule has 2 aromatic carbocycles. The Hall–Kier alpha value is -3.08. The fourth-order valence-corrected chi connectivity index (χ4v) is 2.58. The molecule has 5 heteroatoms. The molecule has 0 fully saturated rings. The van der Waals surface area contributed by atoms with Crippen LogP contribution in [0, 0.1) is 6.92 Å². The summed E-state index contributed by atoms with van der Waals surface area (Å²) in [5.41, 5.74) is 4.62. The molecule has 122 valence electrons. The summed E-state index contributed by atoms with van der Waals surface area (Å²) in [5.74, 6) is 0.508. The Morgan fingerprint density at radius 2 is 2.12 bits per heavy atom. The number of amides is 1. The Labute approximate surface area is 140 Å². The van der Waals surface area contributed by atoms with Gasteiger partial charge in [0.05, 0.1) is 13.3 Å². The van der Waals surface area contributed by atoms with Crippen LogP contribution in [0.3, 0.4) is 0 Å². The fourth-order valence-electron chi connectivity index (χ4n) is 2.58. The average Bonchev–Trinajstić information content (AvgIpc) is 3.13. The van der Waals surface area contributed by atoms with Gasteiger partial charge < -0.3 is 10.1 Å². The molecular formula is C19H19N3O2. The van der Waals surface area contributed by atoms with Crippen LogP contribution in [0.25, 0.3) is 11.1 Å². The number of hydrogen-bond donors (Lipinski definition) is 2. The van der Waals surface area contributed by atoms with Crippen LogP contribution in [-0.4, -0.2) is 23.2 Å². The van der Waals surface area contributed by atoms with Crippen molar-refractivity contribution < 1.29 is 9.53 Å². The van der Waals surface area contributed by atoms with Gasteiger partial charge in [-0.3, -0.25) is 9.89 Å². The Bertz CT molecular complexity index is 842. The van der Waals surface area contributed by atoms with Gasteiger partial charge in [0, 0.05) is 29.4 Å². The quantitative estimate of drug-likeness (QED) is 0.757. The molecule has 3 rings (SSSR count). The molecule has 0 spiro atoms. The Balaban J connectivity index is 1.75. The first-order valence-corrected chi connectivity index (χ1v) is 7.68. The molecule has 0 saturated carbocycles. The highest BCUT2D eigenvalue weighted by atomic mass is 16.5. The lowest BCUT2D eigenvalue weighted by molar-refractivity contribution is 0.0950. The zero-order chi connectivity index (χ0) is 16.9. The Morgan fingerprint density at radius 1 is 1.25 bits per heavy atom. The zero-order valence-corrected chi connectivity index (χ0v) is 13.7. The number of aromatic amines is 1. The van der Waals surface area contributed by atoms with Crippen LogP contribution < -0.4 is 10.1 Å². The number of H-pyrrole nitrogens is 1. The maximum Gasteiger partial charge on any atom is 0.251 e. The molecule has 0 saturated heterocycles. The third-order valence-electron chi connectivity index (χ3n) is 3.81. The second-order valence-electron chi connectivity index (χ2n) is 5.57. The van der Waals surface area contributed by atoms with E-state index < -0.39 is 0 Å². The highest BCUT2D eigenvalue weighted by Crippen LogP contribution is 2.30. The third-order valence-corrected chi connectivity index (χ3v) is 3.81. The minimum atomic E-state index is -0.131. The van der Waals surface area contributed by atoms with E-state index in [1.54, 1.807) is 31.6 Å². The molecular weight excluding hydrogens is 302 g/mol. The number of methoxy groups -OCH3 is 1. The molecule has 5 nitrogen and oxygen atoms in total. The van der Waals surface area contributed by atoms with Crippen molar-refractivity contribution in [1.29, 1.82) is 0 Å². The van der Waals surface area contributed by atoms with E-state index in [2.05, 4.69) is 21.6 Å². The molecule has 2 N–H and O–H groups in total. The molecule has 3 aromatic rings. The van der Waals surface area contributed by atoms with Crippen LogP contribution in [0.5, 0.6) is 5.75 Å². The van der Waals surface area contributed by atoms with E-state index in [0.29, 0.717) is 17.9 Å². The van der Waals surface area contributed by atoms with Crippen LogP contribution in [0.15, 0.2) is 54.9 Å². The van der Waals surface area contributed by atoms with E-state index in [1.807, 2.05) is 31.2 Å². The van der Waals surface area contributed by atoms with Gasteiger partial charge in [-0.25, -0.2) is 0 Å². The lowest BCUT2D eigenvalue weighted by Gasteiger charge is -2.10. The number of nitrogens with zero attached hydrogens (tertiary/aromatic N) is 1. The number of benzene rings is 2. The highest BCUT2D eigenvalue weighted by molar-refractivity contribution is 5.95. The maximum absolute atomic E-state index is 12.4. The molecule has 1 amide bonds. The number of nitrogens with one attached hydrogen (secondary N) is 2. The molecule has 0 aliphatic rings. The largest absolute Gasteiger partial charge is 0.496 e. The van der Waals surface area contributed by atoms with E-state index in [1.165, 1.54) is 5.56 Å². The third kappa shape index (κ3) is 3.46. The molecule has 1 heterocycles. The smallest absolute Gasteiger partial charge is 0.251 e. The fraction of sp³-hybridized carbons (Fsp3) is 0.158. The number of carbonyl (C=O) groups is 1. The molecule has 24 heavy (non-hydrogen) atoms. The highest BCUT2D eigenvalue weighted by Gasteiger charge is 2.12. The van der Waals surface area contributed by atoms with Gasteiger partial charge in [0.1, 0.15) is 5.75 Å². The van der Waals surface area contributed by atoms with Gasteiger partial charge in [0.15, 0.2) is 0 Å². The summed E-state index contributed by atoms with van der Waals surface area (Å²) in [7, 11) is 1.59. The van der Waals surface area contributed by atoms with Crippen LogP contribution in [0.1, 0.15) is 21.5 Å². The van der Waals surface area contributed by atoms with E-state index >= 15 is 0 Å². The van der Waals surface area contributed by atoms with Crippen molar-refractivity contribution >= 4 is 5.91 Å². The van der Waals surface area contributed by atoms with Gasteiger partial charge in [-0.05, 0) is 30.7 Å². The minimum Gasteiger partial charge on any atom is -0.496 e. The first kappa shape index (κ1) is 15.8. The van der Waals surface area contributed by atoms with Crippen molar-refractivity contribution in [2.24, 2.45) is 0 Å². The normalized spacial score (nSPS) is 10.4. The average molecular weight is 321 g/mol. The van der Waals surface area contributed by atoms with E-state index in [4.69, 9.17) is 4.74 Å². The lowest BCUT2D eigenvalue weighted by Crippen LogP contribution is -2.22. The lowest BCUT2D eigenvalue weighted by atomic mass is 10.0. The molecule has 0 aliphatic heterocycles. The summed E-state index contributed by atoms with van der Waals surface area (Å²) >= 11 is 0. The SMILES string of the molecule is COc1cc(C(=O)NCc2cccc(C)c2)ccc1-c1cn[nH]c1. The Kier molecular flexibility index (Phi) is 4.61. The number of aryl methyl sites for hydroxylation is 1. The second-order valence-corrected chi connectivity index (χ2v) is 5.57. The summed E-state index contributed by atoms with van der Waals surface area (Å²) in [5, 5.41) is 9.65. The number of rotatable bonds is 5. The zero-order valence-electron chi connectivity index (χ0n) is 13.7. The van der Waals surface area contributed by atoms with Crippen molar-refractivity contribution in [2.75, 3.05) is 7.11 Å². The van der Waals surface area contributed by atoms with Crippen molar-refractivity contribution in [3.8, 4) is 16.9 Å². The van der Waals surface area contributed by atoms with Crippen molar-refractivity contribution in [1.82, 2.24) is 15.5 Å². The molecule has 0 atom stereocenters. The first-order chi connectivity index (χ1) is 11.7. The van der Waals surface area contributed by atoms with Crippen LogP contribution in [-0.2, 0) is 6.54 Å². The van der Waals surface area contributed by atoms with Crippen LogP contribution in [0.4, 0.5) is 0 Å². The number of ether oxygens (including phenoxy) is 1. The number of hydrogen-bond acceptors (Lipinski definition) is 3. The van der Waals surface area contributed by atoms with Crippen molar-refractivity contribution in [3.63, 3.8) is 0 Å². The summed E-state index contributed by atoms with van der Waals surface area (Å²) in [6.07, 6.45) is 3.50. The number of aromatic nitrogens is 2. The van der Waals surface area contributed by atoms with Gasteiger partial charge >= 0.3 is 0 Å². The molecule has 0 radical (unpaired) electrons. The van der Waals surface area contributed by atoms with Gasteiger partial charge in [0.2, 0.25) is 0 Å². The molecule has 1 aromatic heterocycles. The van der Waals surface area contributed by atoms with Crippen molar-refractivity contribution in [2.45, 2.75) is 13.5 Å². The maximum atomic E-state index is 12.4. The molecule has 0 unspecified atom stereocenters. The summed E-state index contributed by atoms with van der Waals surface area (Å²) < 4.78 is 5.42. The van der Waals surface area contributed by atoms with Crippen LogP contribution in [0.2, 0.25) is 0 Å². The summed E-state index contributed by atoms with van der Waals surface area (Å²) in [4.78, 5) is 12.4. The van der Waals surface area contributed by atoms with Gasteiger partial charge in [-0.15, -0.1) is 0 Å². The predicted octanol–water partition coefficient (Wildman–Crippen LogP) is 3.32.